The Labute approximate surface area is 248 Å². The van der Waals surface area contributed by atoms with Crippen LogP contribution in [-0.4, -0.2) is 65.0 Å². The number of hydrogen-bond acceptors (Lipinski definition) is 7. The van der Waals surface area contributed by atoms with Crippen LogP contribution in [0.3, 0.4) is 0 Å². The summed E-state index contributed by atoms with van der Waals surface area (Å²) in [6, 6.07) is 22.3. The molecule has 0 radical (unpaired) electrons. The van der Waals surface area contributed by atoms with Crippen LogP contribution in [-0.2, 0) is 22.4 Å². The number of amidine groups is 1. The Morgan fingerprint density at radius 2 is 1.71 bits per heavy atom. The molecule has 42 heavy (non-hydrogen) atoms. The summed E-state index contributed by atoms with van der Waals surface area (Å²) in [5.74, 6) is -0.879. The Morgan fingerprint density at radius 1 is 1.00 bits per heavy atom. The molecule has 1 unspecified atom stereocenters. The number of carbonyl (C=O) groups excluding carboxylic acids is 3. The van der Waals surface area contributed by atoms with E-state index in [1.165, 1.54) is 11.3 Å². The first-order valence-electron chi connectivity index (χ1n) is 14.0. The molecule has 0 aliphatic carbocycles. The fraction of sp³-hybridized carbons (Fsp3) is 0.281. The number of nitrogens with zero attached hydrogens (tertiary/aromatic N) is 2. The summed E-state index contributed by atoms with van der Waals surface area (Å²) in [5.41, 5.74) is 8.73. The largest absolute Gasteiger partial charge is 0.384 e. The van der Waals surface area contributed by atoms with Gasteiger partial charge in [-0.15, -0.1) is 11.3 Å². The summed E-state index contributed by atoms with van der Waals surface area (Å²) in [6.07, 6.45) is 1.91. The number of nitrogens with one attached hydrogen (secondary N) is 3. The van der Waals surface area contributed by atoms with Gasteiger partial charge in [-0.3, -0.25) is 19.8 Å². The number of para-hydroxylation sites is 1. The van der Waals surface area contributed by atoms with Crippen LogP contribution in [0.5, 0.6) is 0 Å². The van der Waals surface area contributed by atoms with Crippen LogP contribution in [0.2, 0.25) is 0 Å². The van der Waals surface area contributed by atoms with Crippen molar-refractivity contribution < 1.29 is 14.4 Å². The maximum atomic E-state index is 13.8. The van der Waals surface area contributed by atoms with Gasteiger partial charge in [0.15, 0.2) is 5.01 Å². The van der Waals surface area contributed by atoms with Gasteiger partial charge in [0.25, 0.3) is 0 Å². The quantitative estimate of drug-likeness (QED) is 0.122. The number of hydrogen-bond donors (Lipinski definition) is 4. The predicted molar refractivity (Wildman–Crippen MR) is 165 cm³/mol. The molecule has 1 aliphatic rings. The standard InChI is InChI=1S/C32H34N6O3S/c1-35-25(18-20-9-3-2-4-10-20)32(41)38-16-8-14-26(38)30(40)36-24(19-21-11-7-12-22(17-21)29(33)34)28(39)31-37-23-13-5-6-15-27(23)42-31/h2-7,9-13,15,17,24-26,35H,8,14,16,18-19H2,1H3,(H3,33,34)(H,36,40)/t24?,25-,26+/m1/s1. The van der Waals surface area contributed by atoms with E-state index >= 15 is 0 Å². The zero-order valence-corrected chi connectivity index (χ0v) is 24.2. The molecule has 10 heteroatoms. The molecule has 2 heterocycles. The number of likely N-dealkylation sites (N-methyl/N-ethyl adjacent to an activating group) is 1. The van der Waals surface area contributed by atoms with Gasteiger partial charge >= 0.3 is 0 Å². The number of Topliss-reactive ketones (excluding diaryl/α,β-unsaturated/α-hetero) is 1. The maximum Gasteiger partial charge on any atom is 0.243 e. The van der Waals surface area contributed by atoms with Crippen molar-refractivity contribution in [3.8, 4) is 0 Å². The van der Waals surface area contributed by atoms with Gasteiger partial charge in [-0.2, -0.15) is 0 Å². The maximum absolute atomic E-state index is 13.8. The fourth-order valence-electron chi connectivity index (χ4n) is 5.37. The van der Waals surface area contributed by atoms with Crippen molar-refractivity contribution in [2.24, 2.45) is 5.73 Å². The number of carbonyl (C=O) groups is 3. The highest BCUT2D eigenvalue weighted by Gasteiger charge is 2.38. The average molecular weight is 583 g/mol. The lowest BCUT2D eigenvalue weighted by atomic mass is 9.99. The molecule has 216 valence electrons. The lowest BCUT2D eigenvalue weighted by Gasteiger charge is -2.29. The first-order valence-corrected chi connectivity index (χ1v) is 14.8. The SMILES string of the molecule is CN[C@H](Cc1ccccc1)C(=O)N1CCC[C@H]1C(=O)NC(Cc1cccc(C(=N)N)c1)C(=O)c1nc2ccccc2s1. The zero-order valence-electron chi connectivity index (χ0n) is 23.4. The molecule has 9 nitrogen and oxygen atoms in total. The monoisotopic (exact) mass is 582 g/mol. The Balaban J connectivity index is 1.37. The van der Waals surface area contributed by atoms with E-state index < -0.39 is 18.1 Å². The second-order valence-corrected chi connectivity index (χ2v) is 11.5. The molecule has 1 fully saturated rings. The van der Waals surface area contributed by atoms with Gasteiger partial charge in [0.1, 0.15) is 11.9 Å². The van der Waals surface area contributed by atoms with Crippen molar-refractivity contribution >= 4 is 45.0 Å². The summed E-state index contributed by atoms with van der Waals surface area (Å²) in [7, 11) is 1.75. The summed E-state index contributed by atoms with van der Waals surface area (Å²) in [5, 5.41) is 14.2. The lowest BCUT2D eigenvalue weighted by Crippen LogP contribution is -2.55. The van der Waals surface area contributed by atoms with E-state index in [1.54, 1.807) is 30.1 Å². The molecule has 1 aliphatic heterocycles. The highest BCUT2D eigenvalue weighted by Crippen LogP contribution is 2.25. The fourth-order valence-corrected chi connectivity index (χ4v) is 6.33. The number of ketones is 1. The number of nitrogens with two attached hydrogens (primary N) is 1. The minimum absolute atomic E-state index is 0.0790. The summed E-state index contributed by atoms with van der Waals surface area (Å²) in [4.78, 5) is 47.4. The second-order valence-electron chi connectivity index (χ2n) is 10.5. The number of amides is 2. The highest BCUT2D eigenvalue weighted by atomic mass is 32.1. The van der Waals surface area contributed by atoms with E-state index in [1.807, 2.05) is 60.7 Å². The van der Waals surface area contributed by atoms with E-state index in [9.17, 15) is 14.4 Å². The summed E-state index contributed by atoms with van der Waals surface area (Å²) >= 11 is 1.29. The molecule has 1 aromatic heterocycles. The van der Waals surface area contributed by atoms with Crippen LogP contribution in [0, 0.1) is 5.41 Å². The smallest absolute Gasteiger partial charge is 0.243 e. The Morgan fingerprint density at radius 3 is 2.45 bits per heavy atom. The van der Waals surface area contributed by atoms with Crippen molar-refractivity contribution in [2.45, 2.75) is 43.8 Å². The second kappa shape index (κ2) is 13.1. The van der Waals surface area contributed by atoms with Crippen molar-refractivity contribution in [1.29, 1.82) is 5.41 Å². The molecule has 0 spiro atoms. The molecule has 3 atom stereocenters. The number of nitrogen functional groups attached to an aromatic ring is 1. The number of fused-ring (bicyclic) bond motifs is 1. The van der Waals surface area contributed by atoms with Gasteiger partial charge in [-0.05, 0) is 55.6 Å². The lowest BCUT2D eigenvalue weighted by molar-refractivity contribution is -0.140. The Kier molecular flexibility index (Phi) is 9.04. The third kappa shape index (κ3) is 6.56. The van der Waals surface area contributed by atoms with E-state index in [0.29, 0.717) is 36.4 Å². The van der Waals surface area contributed by atoms with Crippen molar-refractivity contribution in [2.75, 3.05) is 13.6 Å². The van der Waals surface area contributed by atoms with Crippen LogP contribution in [0.4, 0.5) is 0 Å². The first kappa shape index (κ1) is 29.1. The molecule has 1 saturated heterocycles. The van der Waals surface area contributed by atoms with Crippen LogP contribution in [0.25, 0.3) is 10.2 Å². The van der Waals surface area contributed by atoms with Gasteiger partial charge in [0.05, 0.1) is 22.3 Å². The van der Waals surface area contributed by atoms with Crippen LogP contribution in [0.1, 0.15) is 39.3 Å². The number of thiazole rings is 1. The predicted octanol–water partition coefficient (Wildman–Crippen LogP) is 3.31. The zero-order chi connectivity index (χ0) is 29.6. The highest BCUT2D eigenvalue weighted by molar-refractivity contribution is 7.20. The number of benzene rings is 3. The van der Waals surface area contributed by atoms with E-state index in [2.05, 4.69) is 15.6 Å². The summed E-state index contributed by atoms with van der Waals surface area (Å²) < 4.78 is 0.883. The average Bonchev–Trinajstić information content (AvgIpc) is 3.67. The van der Waals surface area contributed by atoms with Gasteiger partial charge in [0, 0.05) is 18.5 Å². The third-order valence-electron chi connectivity index (χ3n) is 7.58. The van der Waals surface area contributed by atoms with Crippen molar-refractivity contribution in [3.63, 3.8) is 0 Å². The molecule has 0 saturated carbocycles. The van der Waals surface area contributed by atoms with E-state index in [0.717, 1.165) is 21.3 Å². The van der Waals surface area contributed by atoms with Gasteiger partial charge < -0.3 is 21.3 Å². The molecule has 4 aromatic rings. The topological polar surface area (TPSA) is 141 Å². The van der Waals surface area contributed by atoms with Crippen molar-refractivity contribution in [1.82, 2.24) is 20.5 Å². The van der Waals surface area contributed by atoms with Gasteiger partial charge in [0.2, 0.25) is 17.6 Å². The molecular weight excluding hydrogens is 548 g/mol. The molecular formula is C32H34N6O3S. The van der Waals surface area contributed by atoms with Gasteiger partial charge in [-0.1, -0.05) is 60.7 Å². The van der Waals surface area contributed by atoms with Crippen molar-refractivity contribution in [3.05, 3.63) is 101 Å². The Hall–Kier alpha value is -4.41. The van der Waals surface area contributed by atoms with E-state index in [4.69, 9.17) is 11.1 Å². The molecule has 0 bridgehead atoms. The Bertz CT molecular complexity index is 1570. The molecule has 2 amide bonds. The molecule has 5 rings (SSSR count). The first-order chi connectivity index (χ1) is 20.3. The number of likely N-dealkylation sites (tertiary alicyclic amines) is 1. The molecule has 3 aromatic carbocycles. The minimum atomic E-state index is -0.915. The van der Waals surface area contributed by atoms with E-state index in [-0.39, 0.29) is 29.9 Å². The minimum Gasteiger partial charge on any atom is -0.384 e. The van der Waals surface area contributed by atoms with Crippen LogP contribution >= 0.6 is 11.3 Å². The number of rotatable bonds is 11. The third-order valence-corrected chi connectivity index (χ3v) is 8.63. The molecule has 5 N–H and O–H groups in total. The normalized spacial score (nSPS) is 16.2. The summed E-state index contributed by atoms with van der Waals surface area (Å²) in [6.45, 7) is 0.473. The van der Waals surface area contributed by atoms with Crippen LogP contribution < -0.4 is 16.4 Å². The van der Waals surface area contributed by atoms with Gasteiger partial charge in [-0.25, -0.2) is 4.98 Å². The van der Waals surface area contributed by atoms with Crippen LogP contribution in [0.15, 0.2) is 78.9 Å². The number of aromatic nitrogens is 1.